The average Bonchev–Trinajstić information content (AvgIpc) is 2.64. The number of methoxy groups -OCH3 is 1. The summed E-state index contributed by atoms with van der Waals surface area (Å²) in [7, 11) is 1.60. The van der Waals surface area contributed by atoms with Crippen LogP contribution in [-0.4, -0.2) is 12.1 Å². The molecule has 1 aromatic carbocycles. The van der Waals surface area contributed by atoms with E-state index in [0.29, 0.717) is 11.6 Å². The smallest absolute Gasteiger partial charge is 0.228 e. The molecular weight excluding hydrogens is 192 g/mol. The molecule has 1 heterocycles. The van der Waals surface area contributed by atoms with E-state index in [9.17, 15) is 0 Å². The van der Waals surface area contributed by atoms with Crippen molar-refractivity contribution in [2.24, 2.45) is 0 Å². The first-order valence-corrected chi connectivity index (χ1v) is 4.57. The molecule has 0 aliphatic heterocycles. The molecule has 0 atom stereocenters. The maximum Gasteiger partial charge on any atom is 0.228 e. The molecule has 15 heavy (non-hydrogen) atoms. The van der Waals surface area contributed by atoms with Gasteiger partial charge in [-0.2, -0.15) is 0 Å². The summed E-state index contributed by atoms with van der Waals surface area (Å²) >= 11 is 0. The lowest BCUT2D eigenvalue weighted by Gasteiger charge is -2.04. The highest BCUT2D eigenvalue weighted by atomic mass is 16.5. The Balaban J connectivity index is 2.45. The highest BCUT2D eigenvalue weighted by Crippen LogP contribution is 2.28. The van der Waals surface area contributed by atoms with Crippen LogP contribution in [0.25, 0.3) is 11.5 Å². The van der Waals surface area contributed by atoms with Crippen LogP contribution >= 0.6 is 0 Å². The third kappa shape index (κ3) is 1.79. The van der Waals surface area contributed by atoms with Gasteiger partial charge in [0, 0.05) is 11.8 Å². The molecule has 0 saturated heterocycles. The van der Waals surface area contributed by atoms with Gasteiger partial charge in [0.1, 0.15) is 11.5 Å². The lowest BCUT2D eigenvalue weighted by molar-refractivity contribution is 0.415. The minimum Gasteiger partial charge on any atom is -0.497 e. The number of nitrogen functional groups attached to an aromatic ring is 1. The number of nitrogens with two attached hydrogens (primary N) is 1. The minimum atomic E-state index is 0.535. The van der Waals surface area contributed by atoms with Crippen LogP contribution in [0.5, 0.6) is 5.75 Å². The topological polar surface area (TPSA) is 61.3 Å². The predicted molar refractivity (Wildman–Crippen MR) is 57.6 cm³/mol. The number of benzene rings is 1. The van der Waals surface area contributed by atoms with Gasteiger partial charge in [-0.1, -0.05) is 0 Å². The molecule has 2 rings (SSSR count). The van der Waals surface area contributed by atoms with Gasteiger partial charge in [0.15, 0.2) is 0 Å². The molecule has 0 bridgehead atoms. The third-order valence-corrected chi connectivity index (χ3v) is 2.11. The molecule has 0 aliphatic rings. The van der Waals surface area contributed by atoms with Crippen LogP contribution in [0.3, 0.4) is 0 Å². The van der Waals surface area contributed by atoms with Crippen molar-refractivity contribution in [1.29, 1.82) is 0 Å². The maximum atomic E-state index is 5.86. The standard InChI is InChI=1S/C11H12N2O2/c1-7-6-13-11(15-7)9-4-3-8(14-2)5-10(9)12/h3-6H,12H2,1-2H3. The lowest BCUT2D eigenvalue weighted by Crippen LogP contribution is -1.91. The SMILES string of the molecule is COc1ccc(-c2ncc(C)o2)c(N)c1. The largest absolute Gasteiger partial charge is 0.497 e. The summed E-state index contributed by atoms with van der Waals surface area (Å²) in [4.78, 5) is 4.11. The number of nitrogens with zero attached hydrogens (tertiary/aromatic N) is 1. The second kappa shape index (κ2) is 3.65. The van der Waals surface area contributed by atoms with E-state index >= 15 is 0 Å². The monoisotopic (exact) mass is 204 g/mol. The van der Waals surface area contributed by atoms with E-state index in [2.05, 4.69) is 4.98 Å². The molecule has 0 spiro atoms. The molecule has 0 amide bonds. The van der Waals surface area contributed by atoms with E-state index in [1.54, 1.807) is 19.4 Å². The van der Waals surface area contributed by atoms with Gasteiger partial charge in [0.25, 0.3) is 0 Å². The Kier molecular flexibility index (Phi) is 2.33. The predicted octanol–water partition coefficient (Wildman–Crippen LogP) is 2.24. The zero-order chi connectivity index (χ0) is 10.8. The van der Waals surface area contributed by atoms with Gasteiger partial charge in [-0.05, 0) is 19.1 Å². The van der Waals surface area contributed by atoms with Crippen molar-refractivity contribution in [3.8, 4) is 17.2 Å². The van der Waals surface area contributed by atoms with Gasteiger partial charge in [-0.3, -0.25) is 0 Å². The summed E-state index contributed by atoms with van der Waals surface area (Å²) in [5.74, 6) is 2.02. The molecule has 2 N–H and O–H groups in total. The van der Waals surface area contributed by atoms with Crippen molar-refractivity contribution in [3.05, 3.63) is 30.2 Å². The first-order valence-electron chi connectivity index (χ1n) is 4.57. The molecule has 4 heteroatoms. The number of anilines is 1. The Bertz CT molecular complexity index is 477. The maximum absolute atomic E-state index is 5.86. The molecular formula is C11H12N2O2. The van der Waals surface area contributed by atoms with Crippen molar-refractivity contribution in [2.75, 3.05) is 12.8 Å². The summed E-state index contributed by atoms with van der Waals surface area (Å²) < 4.78 is 10.5. The van der Waals surface area contributed by atoms with E-state index in [1.165, 1.54) is 0 Å². The van der Waals surface area contributed by atoms with Crippen molar-refractivity contribution in [2.45, 2.75) is 6.92 Å². The number of hydrogen-bond acceptors (Lipinski definition) is 4. The quantitative estimate of drug-likeness (QED) is 0.762. The first kappa shape index (κ1) is 9.58. The molecule has 4 nitrogen and oxygen atoms in total. The number of oxazole rings is 1. The zero-order valence-electron chi connectivity index (χ0n) is 8.65. The fraction of sp³-hybridized carbons (Fsp3) is 0.182. The van der Waals surface area contributed by atoms with Crippen LogP contribution in [0.1, 0.15) is 5.76 Å². The Morgan fingerprint density at radius 3 is 2.73 bits per heavy atom. The average molecular weight is 204 g/mol. The van der Waals surface area contributed by atoms with Gasteiger partial charge < -0.3 is 14.9 Å². The molecule has 0 aliphatic carbocycles. The van der Waals surface area contributed by atoms with E-state index < -0.39 is 0 Å². The van der Waals surface area contributed by atoms with Crippen LogP contribution in [0.2, 0.25) is 0 Å². The molecule has 0 unspecified atom stereocenters. The second-order valence-corrected chi connectivity index (χ2v) is 3.23. The number of ether oxygens (including phenoxy) is 1. The molecule has 2 aromatic rings. The summed E-state index contributed by atoms with van der Waals surface area (Å²) in [6.07, 6.45) is 1.67. The first-order chi connectivity index (χ1) is 7.20. The summed E-state index contributed by atoms with van der Waals surface area (Å²) in [6, 6.07) is 5.40. The van der Waals surface area contributed by atoms with Gasteiger partial charge in [-0.15, -0.1) is 0 Å². The van der Waals surface area contributed by atoms with E-state index in [0.717, 1.165) is 17.1 Å². The normalized spacial score (nSPS) is 10.3. The van der Waals surface area contributed by atoms with Crippen molar-refractivity contribution < 1.29 is 9.15 Å². The molecule has 0 radical (unpaired) electrons. The van der Waals surface area contributed by atoms with Gasteiger partial charge in [-0.25, -0.2) is 4.98 Å². The Morgan fingerprint density at radius 1 is 1.40 bits per heavy atom. The summed E-state index contributed by atoms with van der Waals surface area (Å²) in [5, 5.41) is 0. The third-order valence-electron chi connectivity index (χ3n) is 2.11. The molecule has 78 valence electrons. The van der Waals surface area contributed by atoms with E-state index in [4.69, 9.17) is 14.9 Å². The number of aromatic nitrogens is 1. The fourth-order valence-electron chi connectivity index (χ4n) is 1.34. The Morgan fingerprint density at radius 2 is 2.20 bits per heavy atom. The summed E-state index contributed by atoms with van der Waals surface area (Å²) in [5.41, 5.74) is 7.23. The second-order valence-electron chi connectivity index (χ2n) is 3.23. The van der Waals surface area contributed by atoms with E-state index in [-0.39, 0.29) is 0 Å². The number of rotatable bonds is 2. The van der Waals surface area contributed by atoms with Gasteiger partial charge >= 0.3 is 0 Å². The van der Waals surface area contributed by atoms with Crippen molar-refractivity contribution in [1.82, 2.24) is 4.98 Å². The molecule has 1 aromatic heterocycles. The van der Waals surface area contributed by atoms with Crippen LogP contribution < -0.4 is 10.5 Å². The van der Waals surface area contributed by atoms with Crippen LogP contribution in [0, 0.1) is 6.92 Å². The van der Waals surface area contributed by atoms with Crippen molar-refractivity contribution in [3.63, 3.8) is 0 Å². The highest BCUT2D eigenvalue weighted by Gasteiger charge is 2.08. The van der Waals surface area contributed by atoms with E-state index in [1.807, 2.05) is 19.1 Å². The Hall–Kier alpha value is -1.97. The van der Waals surface area contributed by atoms with Crippen LogP contribution in [0.15, 0.2) is 28.8 Å². The molecule has 0 saturated carbocycles. The van der Waals surface area contributed by atoms with Gasteiger partial charge in [0.05, 0.1) is 18.9 Å². The summed E-state index contributed by atoms with van der Waals surface area (Å²) in [6.45, 7) is 1.84. The lowest BCUT2D eigenvalue weighted by atomic mass is 10.2. The highest BCUT2D eigenvalue weighted by molar-refractivity contribution is 5.71. The molecule has 0 fully saturated rings. The minimum absolute atomic E-state index is 0.535. The fourth-order valence-corrected chi connectivity index (χ4v) is 1.34. The zero-order valence-corrected chi connectivity index (χ0v) is 8.65. The number of hydrogen-bond donors (Lipinski definition) is 1. The van der Waals surface area contributed by atoms with Crippen LogP contribution in [-0.2, 0) is 0 Å². The Labute approximate surface area is 87.7 Å². The number of aryl methyl sites for hydroxylation is 1. The van der Waals surface area contributed by atoms with Gasteiger partial charge in [0.2, 0.25) is 5.89 Å². The van der Waals surface area contributed by atoms with Crippen LogP contribution in [0.4, 0.5) is 5.69 Å². The van der Waals surface area contributed by atoms with Crippen molar-refractivity contribution >= 4 is 5.69 Å².